The van der Waals surface area contributed by atoms with E-state index in [-0.39, 0.29) is 28.3 Å². The van der Waals surface area contributed by atoms with Crippen LogP contribution in [0.5, 0.6) is 5.75 Å². The molecule has 2 aromatic carbocycles. The summed E-state index contributed by atoms with van der Waals surface area (Å²) in [6.07, 6.45) is 20.0. The summed E-state index contributed by atoms with van der Waals surface area (Å²) in [7, 11) is 0. The molecule has 3 aromatic heterocycles. The SMILES string of the molecule is CC1=C(/C=C/C(C)=C/C=C/C(C)=C/C(=O)Nc2cc[n+](CCCOc3c4occc4cc4ccc(=O)oc34)c3ccccc23)C(C)(C)CCC1.[Br-]. The van der Waals surface area contributed by atoms with E-state index in [9.17, 15) is 9.59 Å². The molecule has 1 N–H and O–H groups in total. The number of ether oxygens (including phenoxy) is 1. The summed E-state index contributed by atoms with van der Waals surface area (Å²) in [4.78, 5) is 25.0. The summed E-state index contributed by atoms with van der Waals surface area (Å²) in [6.45, 7) is 12.0. The number of hydrogen-bond acceptors (Lipinski definition) is 5. The second-order valence-electron chi connectivity index (χ2n) is 13.8. The van der Waals surface area contributed by atoms with Crippen molar-refractivity contribution in [3.63, 3.8) is 0 Å². The molecule has 0 fully saturated rings. The van der Waals surface area contributed by atoms with Crippen LogP contribution < -0.4 is 37.2 Å². The van der Waals surface area contributed by atoms with Gasteiger partial charge in [-0.25, -0.2) is 4.79 Å². The Hall–Kier alpha value is -4.95. The molecular formula is C43H45BrN2O5. The van der Waals surface area contributed by atoms with Crippen molar-refractivity contribution in [2.24, 2.45) is 5.41 Å². The number of carbonyl (C=O) groups excluding carboxylic acids is 1. The summed E-state index contributed by atoms with van der Waals surface area (Å²) in [5, 5.41) is 5.66. The molecule has 0 bridgehead atoms. The number of nitrogens with one attached hydrogen (secondary N) is 1. The molecule has 1 amide bonds. The highest BCUT2D eigenvalue weighted by atomic mass is 79.9. The average Bonchev–Trinajstić information content (AvgIpc) is 3.55. The van der Waals surface area contributed by atoms with Crippen molar-refractivity contribution >= 4 is 44.4 Å². The van der Waals surface area contributed by atoms with Gasteiger partial charge in [-0.15, -0.1) is 0 Å². The summed E-state index contributed by atoms with van der Waals surface area (Å²) >= 11 is 0. The van der Waals surface area contributed by atoms with Crippen LogP contribution in [0.1, 0.15) is 60.3 Å². The largest absolute Gasteiger partial charge is 1.00 e. The molecule has 8 heteroatoms. The van der Waals surface area contributed by atoms with Crippen LogP contribution in [-0.2, 0) is 11.3 Å². The van der Waals surface area contributed by atoms with Gasteiger partial charge in [-0.3, -0.25) is 4.79 Å². The number of halogens is 1. The molecule has 1 aliphatic carbocycles. The first-order valence-corrected chi connectivity index (χ1v) is 17.3. The molecule has 7 nitrogen and oxygen atoms in total. The molecule has 0 radical (unpaired) electrons. The van der Waals surface area contributed by atoms with Crippen molar-refractivity contribution in [3.05, 3.63) is 136 Å². The second-order valence-corrected chi connectivity index (χ2v) is 13.8. The number of pyridine rings is 1. The first-order chi connectivity index (χ1) is 24.1. The minimum absolute atomic E-state index is 0. The number of anilines is 1. The Labute approximate surface area is 309 Å². The Morgan fingerprint density at radius 1 is 1.02 bits per heavy atom. The molecule has 6 rings (SSSR count). The van der Waals surface area contributed by atoms with Crippen molar-refractivity contribution in [2.75, 3.05) is 11.9 Å². The number of amides is 1. The van der Waals surface area contributed by atoms with Gasteiger partial charge in [0.25, 0.3) is 0 Å². The highest BCUT2D eigenvalue weighted by Gasteiger charge is 2.26. The van der Waals surface area contributed by atoms with Gasteiger partial charge in [0.05, 0.1) is 23.9 Å². The van der Waals surface area contributed by atoms with Gasteiger partial charge in [0.2, 0.25) is 17.2 Å². The van der Waals surface area contributed by atoms with E-state index >= 15 is 0 Å². The Morgan fingerprint density at radius 3 is 2.65 bits per heavy atom. The van der Waals surface area contributed by atoms with Crippen LogP contribution in [0.15, 0.2) is 139 Å². The van der Waals surface area contributed by atoms with Gasteiger partial charge >= 0.3 is 5.63 Å². The van der Waals surface area contributed by atoms with Gasteiger partial charge in [-0.1, -0.05) is 67.5 Å². The van der Waals surface area contributed by atoms with E-state index in [0.29, 0.717) is 36.5 Å². The van der Waals surface area contributed by atoms with E-state index in [2.05, 4.69) is 55.8 Å². The zero-order chi connectivity index (χ0) is 35.3. The van der Waals surface area contributed by atoms with Crippen molar-refractivity contribution in [2.45, 2.75) is 66.8 Å². The molecular weight excluding hydrogens is 704 g/mol. The van der Waals surface area contributed by atoms with Crippen LogP contribution in [-0.4, -0.2) is 12.5 Å². The number of allylic oxidation sites excluding steroid dienone is 9. The van der Waals surface area contributed by atoms with E-state index in [1.54, 1.807) is 18.4 Å². The topological polar surface area (TPSA) is 85.6 Å². The van der Waals surface area contributed by atoms with Gasteiger partial charge < -0.3 is 35.9 Å². The minimum atomic E-state index is -0.442. The lowest BCUT2D eigenvalue weighted by Crippen LogP contribution is -3.00. The van der Waals surface area contributed by atoms with E-state index in [0.717, 1.165) is 38.5 Å². The maximum absolute atomic E-state index is 13.0. The molecule has 3 heterocycles. The van der Waals surface area contributed by atoms with Crippen molar-refractivity contribution in [1.29, 1.82) is 0 Å². The van der Waals surface area contributed by atoms with Gasteiger partial charge in [0.15, 0.2) is 23.9 Å². The molecule has 5 aromatic rings. The van der Waals surface area contributed by atoms with E-state index in [1.165, 1.54) is 36.5 Å². The van der Waals surface area contributed by atoms with Crippen molar-refractivity contribution in [3.8, 4) is 5.75 Å². The number of rotatable bonds is 11. The fourth-order valence-corrected chi connectivity index (χ4v) is 6.79. The molecule has 0 spiro atoms. The number of furan rings is 1. The first kappa shape index (κ1) is 37.3. The van der Waals surface area contributed by atoms with Gasteiger partial charge in [0, 0.05) is 41.5 Å². The Morgan fingerprint density at radius 2 is 1.82 bits per heavy atom. The number of carbonyl (C=O) groups is 1. The number of aromatic nitrogens is 1. The summed E-state index contributed by atoms with van der Waals surface area (Å²) in [6, 6.07) is 16.8. The number of fused-ring (bicyclic) bond motifs is 3. The maximum atomic E-state index is 13.0. The van der Waals surface area contributed by atoms with Gasteiger partial charge in [0.1, 0.15) is 0 Å². The molecule has 0 atom stereocenters. The van der Waals surface area contributed by atoms with Gasteiger partial charge in [-0.05, 0) is 80.9 Å². The van der Waals surface area contributed by atoms with Crippen LogP contribution in [0.2, 0.25) is 0 Å². The number of hydrogen-bond donors (Lipinski definition) is 1. The molecule has 0 unspecified atom stereocenters. The maximum Gasteiger partial charge on any atom is 0.336 e. The van der Waals surface area contributed by atoms with Crippen LogP contribution >= 0.6 is 0 Å². The standard InChI is InChI=1S/C43H44N2O5.BrH/c1-29(16-18-35-31(3)13-9-22-43(35,4)5)11-8-12-30(2)27-38(46)44-36-20-24-45(37-15-7-6-14-34(36)37)23-10-25-48-42-40-33(21-26-49-40)28-32-17-19-39(47)50-41(32)42;/h6-8,11-12,14-21,24,26-28H,9-10,13,22-23,25H2,1-5H3;1H/b12-8+,18-16+,29-11+,30-27+;. The average molecular weight is 750 g/mol. The third-order valence-electron chi connectivity index (χ3n) is 9.39. The normalized spacial score (nSPS) is 15.3. The molecule has 1 aliphatic rings. The monoisotopic (exact) mass is 748 g/mol. The van der Waals surface area contributed by atoms with Crippen molar-refractivity contribution < 1.29 is 39.9 Å². The number of nitrogens with zero attached hydrogens (tertiary/aromatic N) is 1. The van der Waals surface area contributed by atoms with E-state index in [1.807, 2.05) is 67.7 Å². The minimum Gasteiger partial charge on any atom is -1.00 e. The Balaban J connectivity index is 0.00000504. The highest BCUT2D eigenvalue weighted by molar-refractivity contribution is 6.05. The summed E-state index contributed by atoms with van der Waals surface area (Å²) in [5.74, 6) is 0.248. The summed E-state index contributed by atoms with van der Waals surface area (Å²) in [5.41, 5.74) is 7.40. The van der Waals surface area contributed by atoms with Crippen LogP contribution in [0.4, 0.5) is 5.69 Å². The number of aryl methyl sites for hydroxylation is 1. The molecule has 51 heavy (non-hydrogen) atoms. The molecule has 0 saturated heterocycles. The van der Waals surface area contributed by atoms with Crippen LogP contribution in [0.25, 0.3) is 32.8 Å². The second kappa shape index (κ2) is 16.4. The fraction of sp³-hybridized carbons (Fsp3) is 0.279. The quantitative estimate of drug-likeness (QED) is 0.0521. The molecule has 264 valence electrons. The zero-order valence-electron chi connectivity index (χ0n) is 29.9. The Bertz CT molecular complexity index is 2280. The lowest BCUT2D eigenvalue weighted by molar-refractivity contribution is -0.671. The van der Waals surface area contributed by atoms with E-state index < -0.39 is 5.63 Å². The van der Waals surface area contributed by atoms with Gasteiger partial charge in [-0.2, -0.15) is 4.57 Å². The lowest BCUT2D eigenvalue weighted by atomic mass is 9.72. The Kier molecular flexibility index (Phi) is 12.0. The smallest absolute Gasteiger partial charge is 0.336 e. The first-order valence-electron chi connectivity index (χ1n) is 17.3. The fourth-order valence-electron chi connectivity index (χ4n) is 6.79. The lowest BCUT2D eigenvalue weighted by Gasteiger charge is -2.32. The molecule has 0 aliphatic heterocycles. The molecule has 0 saturated carbocycles. The van der Waals surface area contributed by atoms with E-state index in [4.69, 9.17) is 13.6 Å². The van der Waals surface area contributed by atoms with Crippen molar-refractivity contribution in [1.82, 2.24) is 0 Å². The highest BCUT2D eigenvalue weighted by Crippen LogP contribution is 2.41. The third-order valence-corrected chi connectivity index (χ3v) is 9.39. The van der Waals surface area contributed by atoms with Crippen LogP contribution in [0.3, 0.4) is 0 Å². The number of benzene rings is 2. The van der Waals surface area contributed by atoms with Crippen LogP contribution in [0, 0.1) is 5.41 Å². The predicted octanol–water partition coefficient (Wildman–Crippen LogP) is 6.92. The zero-order valence-corrected chi connectivity index (χ0v) is 31.5. The summed E-state index contributed by atoms with van der Waals surface area (Å²) < 4.78 is 19.5. The number of para-hydroxylation sites is 1. The third kappa shape index (κ3) is 8.86. The predicted molar refractivity (Wildman–Crippen MR) is 201 cm³/mol.